The van der Waals surface area contributed by atoms with Crippen LogP contribution in [0.5, 0.6) is 0 Å². The molecule has 111 heavy (non-hydrogen) atoms. The molecule has 3 aromatic carbocycles. The molecule has 0 bridgehead atoms. The average Bonchev–Trinajstić information content (AvgIpc) is 0.811. The number of nitrogens with zero attached hydrogens (tertiary/aromatic N) is 3. The molecule has 0 aliphatic rings. The van der Waals surface area contributed by atoms with Crippen molar-refractivity contribution in [2.24, 2.45) is 0 Å². The van der Waals surface area contributed by atoms with E-state index >= 15 is 0 Å². The van der Waals surface area contributed by atoms with Gasteiger partial charge in [0.1, 0.15) is 0 Å². The summed E-state index contributed by atoms with van der Waals surface area (Å²) < 4.78 is 0. The third-order valence-electron chi connectivity index (χ3n) is 25.0. The zero-order valence-corrected chi connectivity index (χ0v) is 75.3. The van der Waals surface area contributed by atoms with Crippen molar-refractivity contribution in [3.63, 3.8) is 0 Å². The first-order valence-corrected chi connectivity index (χ1v) is 50.4. The highest BCUT2D eigenvalue weighted by atomic mass is 15.2. The molecule has 5 heteroatoms. The fraction of sp³-hybridized carbons (Fsp3) is 0.792. The van der Waals surface area contributed by atoms with Crippen molar-refractivity contribution in [2.45, 2.75) is 542 Å². The van der Waals surface area contributed by atoms with Crippen LogP contribution in [-0.2, 0) is 38.5 Å². The molecule has 0 aliphatic carbocycles. The topological polar surface area (TPSA) is 62.7 Å². The lowest BCUT2D eigenvalue weighted by Gasteiger charge is -2.20. The van der Waals surface area contributed by atoms with Gasteiger partial charge in [-0.1, -0.05) is 490 Å². The first kappa shape index (κ1) is 99.6. The Labute approximate surface area is 692 Å². The van der Waals surface area contributed by atoms with Crippen LogP contribution in [-0.4, -0.2) is 15.0 Å². The fourth-order valence-corrected chi connectivity index (χ4v) is 17.7. The number of hydrogen-bond donors (Lipinski definition) is 2. The molecule has 0 aliphatic heterocycles. The molecule has 0 unspecified atom stereocenters. The molecule has 0 spiro atoms. The molecule has 4 rings (SSSR count). The minimum Gasteiger partial charge on any atom is -0.324 e. The summed E-state index contributed by atoms with van der Waals surface area (Å²) in [6, 6.07) is 18.7. The smallest absolute Gasteiger partial charge is 0.232 e. The molecule has 0 amide bonds. The molecule has 4 aromatic rings. The first-order valence-electron chi connectivity index (χ1n) is 50.4. The molecular weight excluding hydrogens is 1340 g/mol. The van der Waals surface area contributed by atoms with Gasteiger partial charge >= 0.3 is 0 Å². The van der Waals surface area contributed by atoms with Gasteiger partial charge in [0.05, 0.1) is 0 Å². The van der Waals surface area contributed by atoms with E-state index in [0.29, 0.717) is 17.7 Å². The maximum Gasteiger partial charge on any atom is 0.232 e. The van der Waals surface area contributed by atoms with Crippen LogP contribution in [0, 0.1) is 6.92 Å². The molecule has 5 nitrogen and oxygen atoms in total. The van der Waals surface area contributed by atoms with Crippen LogP contribution in [0.2, 0.25) is 0 Å². The summed E-state index contributed by atoms with van der Waals surface area (Å²) in [5.41, 5.74) is 13.9. The molecule has 0 atom stereocenters. The predicted octanol–water partition coefficient (Wildman–Crippen LogP) is 36.7. The van der Waals surface area contributed by atoms with Crippen LogP contribution in [0.3, 0.4) is 0 Å². The first-order chi connectivity index (χ1) is 54.9. The van der Waals surface area contributed by atoms with Crippen LogP contribution < -0.4 is 10.6 Å². The van der Waals surface area contributed by atoms with Crippen LogP contribution in [0.25, 0.3) is 11.4 Å². The largest absolute Gasteiger partial charge is 0.324 e. The second-order valence-electron chi connectivity index (χ2n) is 35.6. The molecule has 0 fully saturated rings. The van der Waals surface area contributed by atoms with Crippen LogP contribution in [0.1, 0.15) is 543 Å². The van der Waals surface area contributed by atoms with Gasteiger partial charge in [-0.15, -0.1) is 0 Å². The number of rotatable bonds is 83. The van der Waals surface area contributed by atoms with E-state index < -0.39 is 0 Å². The lowest BCUT2D eigenvalue weighted by molar-refractivity contribution is 0.540. The summed E-state index contributed by atoms with van der Waals surface area (Å²) in [5.74, 6) is 1.95. The maximum atomic E-state index is 5.44. The molecule has 1 radical (unpaired) electrons. The molecule has 635 valence electrons. The van der Waals surface area contributed by atoms with Gasteiger partial charge in [-0.3, -0.25) is 0 Å². The number of aryl methyl sites for hydroxylation is 4. The Hall–Kier alpha value is -3.73. The van der Waals surface area contributed by atoms with Crippen molar-refractivity contribution in [1.82, 2.24) is 15.0 Å². The molecule has 1 heterocycles. The van der Waals surface area contributed by atoms with Gasteiger partial charge in [-0.25, -0.2) is 0 Å². The number of anilines is 4. The lowest BCUT2D eigenvalue weighted by Crippen LogP contribution is -2.09. The standard InChI is InChI=1S/C106H186N5/c1-8-14-20-26-32-38-44-50-56-62-68-74-80-96-90-100(91-97(81-75-69-63-57-51-45-39-33-27-21-15-9-2)102(96)84-78-72-66-60-54-48-42-36-30-24-18-12-5)107-105-109-104(95-88-86-94(7)87-89-95)110-106(111-105)108-101-92-98(82-76-70-64-58-52-46-40-34-28-22-16-10-3)103(85-79-73-67-61-55-49-43-37-31-25-19-13-6)99(93-101)83-77-71-65-59-53-47-41-35-29-23-17-11-4/h86-93H,7-85H2,1-6H3,(H2,107,108,109,110,111). The van der Waals surface area contributed by atoms with E-state index in [1.54, 1.807) is 33.4 Å². The van der Waals surface area contributed by atoms with E-state index in [-0.39, 0.29) is 0 Å². The predicted molar refractivity (Wildman–Crippen MR) is 498 cm³/mol. The summed E-state index contributed by atoms with van der Waals surface area (Å²) in [6.45, 7) is 18.3. The quantitative estimate of drug-likeness (QED) is 0.0431. The Bertz CT molecular complexity index is 2420. The number of hydrogen-bond acceptors (Lipinski definition) is 5. The van der Waals surface area contributed by atoms with Crippen molar-refractivity contribution >= 4 is 23.3 Å². The van der Waals surface area contributed by atoms with Crippen molar-refractivity contribution < 1.29 is 0 Å². The van der Waals surface area contributed by atoms with Crippen LogP contribution in [0.15, 0.2) is 48.5 Å². The highest BCUT2D eigenvalue weighted by Crippen LogP contribution is 2.34. The van der Waals surface area contributed by atoms with E-state index in [1.807, 2.05) is 0 Å². The number of unbranched alkanes of at least 4 members (excludes halogenated alkanes) is 66. The second kappa shape index (κ2) is 73.9. The van der Waals surface area contributed by atoms with Crippen molar-refractivity contribution in [3.8, 4) is 11.4 Å². The second-order valence-corrected chi connectivity index (χ2v) is 35.6. The number of aromatic nitrogens is 3. The monoisotopic (exact) mass is 1530 g/mol. The SMILES string of the molecule is [CH2]c1ccc(-c2nc(Nc3cc(CCCCCCCCCCCCCC)c(CCCCCCCCCCCCCC)c(CCCCCCCCCCCCCC)c3)nc(Nc3cc(CCCCCCCCCCCCCC)c(CCCCCCCCCCCCCC)c(CCCCCCCCCCCCCC)c3)n2)cc1. The van der Waals surface area contributed by atoms with Gasteiger partial charge in [0.2, 0.25) is 11.9 Å². The Morgan fingerprint density at radius 1 is 0.207 bits per heavy atom. The van der Waals surface area contributed by atoms with E-state index in [1.165, 1.54) is 475 Å². The number of benzene rings is 3. The minimum atomic E-state index is 0.625. The number of nitrogens with one attached hydrogen (secondary N) is 2. The van der Waals surface area contributed by atoms with Crippen molar-refractivity contribution in [1.29, 1.82) is 0 Å². The third kappa shape index (κ3) is 54.0. The summed E-state index contributed by atoms with van der Waals surface area (Å²) in [5, 5.41) is 7.94. The van der Waals surface area contributed by atoms with Crippen molar-refractivity contribution in [2.75, 3.05) is 10.6 Å². The Morgan fingerprint density at radius 3 is 0.568 bits per heavy atom. The van der Waals surface area contributed by atoms with Gasteiger partial charge in [0.15, 0.2) is 5.82 Å². The van der Waals surface area contributed by atoms with Gasteiger partial charge in [-0.2, -0.15) is 15.0 Å². The average molecular weight is 1530 g/mol. The Morgan fingerprint density at radius 2 is 0.378 bits per heavy atom. The molecular formula is C106H186N5. The molecule has 0 saturated carbocycles. The highest BCUT2D eigenvalue weighted by Gasteiger charge is 2.18. The van der Waals surface area contributed by atoms with E-state index in [2.05, 4.69) is 108 Å². The minimum absolute atomic E-state index is 0.625. The summed E-state index contributed by atoms with van der Waals surface area (Å²) in [6.07, 6.45) is 107. The normalized spacial score (nSPS) is 11.7. The molecule has 1 aromatic heterocycles. The van der Waals surface area contributed by atoms with Crippen LogP contribution in [0.4, 0.5) is 23.3 Å². The summed E-state index contributed by atoms with van der Waals surface area (Å²) in [4.78, 5) is 16.2. The molecule has 0 saturated heterocycles. The van der Waals surface area contributed by atoms with Gasteiger partial charge in [-0.05, 0) is 147 Å². The maximum absolute atomic E-state index is 5.44. The lowest BCUT2D eigenvalue weighted by atomic mass is 9.89. The van der Waals surface area contributed by atoms with E-state index in [9.17, 15) is 0 Å². The van der Waals surface area contributed by atoms with Gasteiger partial charge in [0, 0.05) is 16.9 Å². The Kier molecular flexibility index (Phi) is 66.3. The Balaban J connectivity index is 1.72. The van der Waals surface area contributed by atoms with E-state index in [0.717, 1.165) is 48.2 Å². The molecule has 2 N–H and O–H groups in total. The van der Waals surface area contributed by atoms with Gasteiger partial charge < -0.3 is 10.6 Å². The van der Waals surface area contributed by atoms with Gasteiger partial charge in [0.25, 0.3) is 0 Å². The van der Waals surface area contributed by atoms with Crippen LogP contribution >= 0.6 is 0 Å². The fourth-order valence-electron chi connectivity index (χ4n) is 17.7. The third-order valence-corrected chi connectivity index (χ3v) is 25.0. The highest BCUT2D eigenvalue weighted by molar-refractivity contribution is 5.66. The van der Waals surface area contributed by atoms with Crippen molar-refractivity contribution in [3.05, 3.63) is 94.4 Å². The zero-order valence-electron chi connectivity index (χ0n) is 75.3. The van der Waals surface area contributed by atoms with E-state index in [4.69, 9.17) is 15.0 Å². The zero-order chi connectivity index (χ0) is 78.9. The summed E-state index contributed by atoms with van der Waals surface area (Å²) in [7, 11) is 0. The summed E-state index contributed by atoms with van der Waals surface area (Å²) >= 11 is 0.